The van der Waals surface area contributed by atoms with Gasteiger partial charge >= 0.3 is 6.18 Å². The third-order valence-corrected chi connectivity index (χ3v) is 5.05. The number of hydrogen-bond acceptors (Lipinski definition) is 1. The molecular weight excluding hydrogens is 376 g/mol. The number of aromatic amines is 1. The van der Waals surface area contributed by atoms with E-state index in [1.165, 1.54) is 6.92 Å². The maximum absolute atomic E-state index is 12.4. The molecule has 2 N–H and O–H groups in total. The number of nitrogens with one attached hydrogen (secondary N) is 2. The van der Waals surface area contributed by atoms with Gasteiger partial charge in [-0.3, -0.25) is 4.79 Å². The quantitative estimate of drug-likeness (QED) is 0.755. The smallest absolute Gasteiger partial charge is 0.358 e. The summed E-state index contributed by atoms with van der Waals surface area (Å²) in [5.74, 6) is -1.67. The minimum atomic E-state index is -4.35. The number of hydrogen-bond donors (Lipinski definition) is 2. The van der Waals surface area contributed by atoms with Crippen LogP contribution in [0.2, 0.25) is 10.0 Å². The molecule has 0 bridgehead atoms. The highest BCUT2D eigenvalue weighted by Crippen LogP contribution is 2.36. The Bertz CT molecular complexity index is 816. The fourth-order valence-electron chi connectivity index (χ4n) is 3.38. The number of fused-ring (bicyclic) bond motifs is 3. The summed E-state index contributed by atoms with van der Waals surface area (Å²) in [6, 6.07) is 3.24. The van der Waals surface area contributed by atoms with Gasteiger partial charge in [-0.15, -0.1) is 0 Å². The number of rotatable bonds is 3. The molecule has 1 aromatic heterocycles. The zero-order valence-electron chi connectivity index (χ0n) is 13.4. The third-order valence-electron chi connectivity index (χ3n) is 4.53. The van der Waals surface area contributed by atoms with Gasteiger partial charge in [0.25, 0.3) is 0 Å². The van der Waals surface area contributed by atoms with E-state index in [2.05, 4.69) is 10.3 Å². The molecule has 1 amide bonds. The second-order valence-corrected chi connectivity index (χ2v) is 7.40. The number of amides is 1. The first-order valence-corrected chi connectivity index (χ1v) is 8.75. The summed E-state index contributed by atoms with van der Waals surface area (Å²) in [4.78, 5) is 15.3. The lowest BCUT2D eigenvalue weighted by Gasteiger charge is -2.25. The van der Waals surface area contributed by atoms with Crippen LogP contribution in [-0.2, 0) is 17.6 Å². The average Bonchev–Trinajstić information content (AvgIpc) is 2.82. The first-order chi connectivity index (χ1) is 11.6. The summed E-state index contributed by atoms with van der Waals surface area (Å²) in [6.45, 7) is 1.29. The Morgan fingerprint density at radius 1 is 1.40 bits per heavy atom. The van der Waals surface area contributed by atoms with Crippen molar-refractivity contribution >= 4 is 40.0 Å². The van der Waals surface area contributed by atoms with Crippen molar-refractivity contribution in [1.82, 2.24) is 10.3 Å². The molecule has 1 heterocycles. The highest BCUT2D eigenvalue weighted by Gasteiger charge is 2.34. The summed E-state index contributed by atoms with van der Waals surface area (Å²) in [7, 11) is 0. The molecule has 0 fully saturated rings. The van der Waals surface area contributed by atoms with Crippen LogP contribution in [0.1, 0.15) is 31.0 Å². The van der Waals surface area contributed by atoms with Gasteiger partial charge in [0.2, 0.25) is 5.91 Å². The molecule has 1 aliphatic carbocycles. The minimum absolute atomic E-state index is 0.207. The Morgan fingerprint density at radius 3 is 2.80 bits per heavy atom. The molecule has 0 saturated heterocycles. The molecule has 2 atom stereocenters. The largest absolute Gasteiger partial charge is 0.389 e. The fourth-order valence-corrected chi connectivity index (χ4v) is 3.99. The van der Waals surface area contributed by atoms with Crippen LogP contribution in [0, 0.1) is 5.92 Å². The molecule has 8 heteroatoms. The number of carbonyl (C=O) groups is 1. The highest BCUT2D eigenvalue weighted by molar-refractivity contribution is 6.38. The second kappa shape index (κ2) is 6.72. The number of alkyl halides is 3. The van der Waals surface area contributed by atoms with E-state index >= 15 is 0 Å². The third kappa shape index (κ3) is 4.06. The van der Waals surface area contributed by atoms with E-state index in [1.54, 1.807) is 12.1 Å². The van der Waals surface area contributed by atoms with Crippen LogP contribution in [0.3, 0.4) is 0 Å². The summed E-state index contributed by atoms with van der Waals surface area (Å²) in [5.41, 5.74) is 2.87. The number of benzene rings is 1. The standard InChI is InChI=1S/C17H17Cl2F3N2O/c1-8(7-17(20,21)22)16(25)23-10-2-3-13-11(6-10)15-12(19)4-9(18)5-14(15)24-13/h4-5,8,10,24H,2-3,6-7H2,1H3,(H,23,25)/t8-,10+/m1/s1. The van der Waals surface area contributed by atoms with Gasteiger partial charge in [0.15, 0.2) is 0 Å². The maximum atomic E-state index is 12.4. The van der Waals surface area contributed by atoms with Crippen LogP contribution in [0.4, 0.5) is 13.2 Å². The van der Waals surface area contributed by atoms with Crippen LogP contribution in [-0.4, -0.2) is 23.1 Å². The Labute approximate surface area is 152 Å². The van der Waals surface area contributed by atoms with Crippen molar-refractivity contribution in [2.75, 3.05) is 0 Å². The molecule has 0 aliphatic heterocycles. The predicted molar refractivity (Wildman–Crippen MR) is 92.1 cm³/mol. The molecule has 0 unspecified atom stereocenters. The first kappa shape index (κ1) is 18.4. The van der Waals surface area contributed by atoms with Gasteiger partial charge in [-0.2, -0.15) is 13.2 Å². The molecule has 1 aliphatic rings. The molecule has 0 spiro atoms. The summed E-state index contributed by atoms with van der Waals surface area (Å²) >= 11 is 12.3. The second-order valence-electron chi connectivity index (χ2n) is 6.56. The Hall–Kier alpha value is -1.40. The molecule has 136 valence electrons. The molecule has 0 saturated carbocycles. The van der Waals surface area contributed by atoms with Gasteiger partial charge in [0.1, 0.15) is 0 Å². The van der Waals surface area contributed by atoms with Crippen LogP contribution in [0.25, 0.3) is 10.9 Å². The molecule has 1 aromatic carbocycles. The van der Waals surface area contributed by atoms with Gasteiger partial charge in [-0.25, -0.2) is 0 Å². The zero-order valence-corrected chi connectivity index (χ0v) is 14.9. The lowest BCUT2D eigenvalue weighted by Crippen LogP contribution is -2.42. The van der Waals surface area contributed by atoms with Crippen LogP contribution in [0.15, 0.2) is 12.1 Å². The number of halogens is 5. The maximum Gasteiger partial charge on any atom is 0.389 e. The SMILES string of the molecule is C[C@H](CC(F)(F)F)C(=O)N[C@H]1CCc2[nH]c3cc(Cl)cc(Cl)c3c2C1. The zero-order chi connectivity index (χ0) is 18.4. The number of carbonyl (C=O) groups excluding carboxylic acids is 1. The number of aromatic nitrogens is 1. The number of H-pyrrole nitrogens is 1. The Morgan fingerprint density at radius 2 is 2.12 bits per heavy atom. The lowest BCUT2D eigenvalue weighted by molar-refractivity contribution is -0.153. The van der Waals surface area contributed by atoms with E-state index in [4.69, 9.17) is 23.2 Å². The van der Waals surface area contributed by atoms with Crippen molar-refractivity contribution in [2.45, 2.75) is 44.8 Å². The van der Waals surface area contributed by atoms with Crippen molar-refractivity contribution in [3.63, 3.8) is 0 Å². The molecule has 0 radical (unpaired) electrons. The first-order valence-electron chi connectivity index (χ1n) is 7.99. The molecule has 3 nitrogen and oxygen atoms in total. The van der Waals surface area contributed by atoms with E-state index in [0.29, 0.717) is 29.3 Å². The Balaban J connectivity index is 1.76. The average molecular weight is 393 g/mol. The van der Waals surface area contributed by atoms with Crippen LogP contribution >= 0.6 is 23.2 Å². The summed E-state index contributed by atoms with van der Waals surface area (Å²) in [6.07, 6.45) is -3.58. The van der Waals surface area contributed by atoms with Gasteiger partial charge < -0.3 is 10.3 Å². The molecule has 2 aromatic rings. The van der Waals surface area contributed by atoms with E-state index < -0.39 is 24.4 Å². The fraction of sp³-hybridized carbons (Fsp3) is 0.471. The van der Waals surface area contributed by atoms with Crippen molar-refractivity contribution < 1.29 is 18.0 Å². The summed E-state index contributed by atoms with van der Waals surface area (Å²) in [5, 5.41) is 4.66. The Kier molecular flexibility index (Phi) is 4.95. The van der Waals surface area contributed by atoms with Crippen molar-refractivity contribution in [3.8, 4) is 0 Å². The molecule has 25 heavy (non-hydrogen) atoms. The van der Waals surface area contributed by atoms with Gasteiger partial charge in [-0.05, 0) is 37.0 Å². The van der Waals surface area contributed by atoms with E-state index in [1.807, 2.05) is 0 Å². The molecular formula is C17H17Cl2F3N2O. The van der Waals surface area contributed by atoms with Crippen molar-refractivity contribution in [2.24, 2.45) is 5.92 Å². The van der Waals surface area contributed by atoms with Crippen molar-refractivity contribution in [3.05, 3.63) is 33.4 Å². The highest BCUT2D eigenvalue weighted by atomic mass is 35.5. The summed E-state index contributed by atoms with van der Waals surface area (Å²) < 4.78 is 37.3. The van der Waals surface area contributed by atoms with Crippen LogP contribution < -0.4 is 5.32 Å². The minimum Gasteiger partial charge on any atom is -0.358 e. The van der Waals surface area contributed by atoms with Crippen LogP contribution in [0.5, 0.6) is 0 Å². The van der Waals surface area contributed by atoms with Crippen molar-refractivity contribution in [1.29, 1.82) is 0 Å². The topological polar surface area (TPSA) is 44.9 Å². The number of aryl methyl sites for hydroxylation is 1. The van der Waals surface area contributed by atoms with Gasteiger partial charge in [0.05, 0.1) is 11.4 Å². The van der Waals surface area contributed by atoms with E-state index in [0.717, 1.165) is 22.2 Å². The van der Waals surface area contributed by atoms with Gasteiger partial charge in [0, 0.05) is 33.6 Å². The lowest BCUT2D eigenvalue weighted by atomic mass is 9.91. The monoisotopic (exact) mass is 392 g/mol. The van der Waals surface area contributed by atoms with E-state index in [-0.39, 0.29) is 6.04 Å². The van der Waals surface area contributed by atoms with Gasteiger partial charge in [-0.1, -0.05) is 30.1 Å². The van der Waals surface area contributed by atoms with E-state index in [9.17, 15) is 18.0 Å². The normalized spacial score (nSPS) is 18.9. The molecule has 3 rings (SSSR count). The predicted octanol–water partition coefficient (Wildman–Crippen LogP) is 5.04.